The van der Waals surface area contributed by atoms with Crippen LogP contribution < -0.4 is 0 Å². The number of carbonyl (C=O) groups excluding carboxylic acids is 1. The van der Waals surface area contributed by atoms with E-state index >= 15 is 0 Å². The lowest BCUT2D eigenvalue weighted by Crippen LogP contribution is -2.22. The Labute approximate surface area is 73.3 Å². The van der Waals surface area contributed by atoms with Crippen molar-refractivity contribution in [1.82, 2.24) is 0 Å². The van der Waals surface area contributed by atoms with Crippen LogP contribution in [0.3, 0.4) is 0 Å². The van der Waals surface area contributed by atoms with Crippen LogP contribution in [-0.4, -0.2) is 17.5 Å². The molecule has 2 unspecified atom stereocenters. The zero-order valence-corrected chi connectivity index (χ0v) is 7.49. The van der Waals surface area contributed by atoms with Crippen molar-refractivity contribution in [2.75, 3.05) is 6.61 Å². The van der Waals surface area contributed by atoms with Crippen LogP contribution in [0.2, 0.25) is 0 Å². The Morgan fingerprint density at radius 2 is 2.42 bits per heavy atom. The molecule has 2 atom stereocenters. The van der Waals surface area contributed by atoms with Crippen molar-refractivity contribution >= 4 is 5.78 Å². The topological polar surface area (TPSA) is 37.3 Å². The normalized spacial score (nSPS) is 29.3. The van der Waals surface area contributed by atoms with Gasteiger partial charge in [-0.25, -0.2) is 0 Å². The molecule has 0 aromatic heterocycles. The van der Waals surface area contributed by atoms with Gasteiger partial charge in [0.2, 0.25) is 0 Å². The van der Waals surface area contributed by atoms with Crippen molar-refractivity contribution in [2.24, 2.45) is 11.8 Å². The maximum atomic E-state index is 11.2. The summed E-state index contributed by atoms with van der Waals surface area (Å²) < 4.78 is 0. The molecular weight excluding hydrogens is 152 g/mol. The number of aliphatic hydroxyl groups is 1. The van der Waals surface area contributed by atoms with E-state index in [1.54, 1.807) is 6.08 Å². The number of allylic oxidation sites excluding steroid dienone is 2. The van der Waals surface area contributed by atoms with Gasteiger partial charge in [-0.2, -0.15) is 0 Å². The summed E-state index contributed by atoms with van der Waals surface area (Å²) in [5, 5.41) is 8.65. The van der Waals surface area contributed by atoms with Crippen molar-refractivity contribution in [3.63, 3.8) is 0 Å². The Balaban J connectivity index is 2.44. The third kappa shape index (κ3) is 2.18. The van der Waals surface area contributed by atoms with Crippen LogP contribution in [-0.2, 0) is 4.79 Å². The molecule has 0 saturated carbocycles. The average molecular weight is 168 g/mol. The quantitative estimate of drug-likeness (QED) is 0.694. The van der Waals surface area contributed by atoms with Gasteiger partial charge in [-0.15, -0.1) is 0 Å². The lowest BCUT2D eigenvalue weighted by Gasteiger charge is -2.23. The lowest BCUT2D eigenvalue weighted by atomic mass is 9.81. The van der Waals surface area contributed by atoms with Gasteiger partial charge in [0.15, 0.2) is 5.78 Å². The van der Waals surface area contributed by atoms with Crippen LogP contribution in [0.4, 0.5) is 0 Å². The molecule has 1 aliphatic rings. The molecule has 0 aromatic carbocycles. The molecule has 1 N–H and O–H groups in total. The fraction of sp³-hybridized carbons (Fsp3) is 0.700. The molecule has 0 bridgehead atoms. The number of ketones is 1. The summed E-state index contributed by atoms with van der Waals surface area (Å²) in [7, 11) is 0. The van der Waals surface area contributed by atoms with E-state index in [9.17, 15) is 4.79 Å². The van der Waals surface area contributed by atoms with Crippen LogP contribution in [0, 0.1) is 11.8 Å². The third-order valence-corrected chi connectivity index (χ3v) is 2.61. The van der Waals surface area contributed by atoms with Crippen molar-refractivity contribution in [2.45, 2.75) is 26.2 Å². The number of hydrogen-bond donors (Lipinski definition) is 1. The van der Waals surface area contributed by atoms with Crippen LogP contribution in [0.5, 0.6) is 0 Å². The van der Waals surface area contributed by atoms with Gasteiger partial charge >= 0.3 is 0 Å². The molecule has 0 aromatic rings. The second-order valence-corrected chi connectivity index (χ2v) is 3.46. The molecular formula is C10H16O2. The van der Waals surface area contributed by atoms with E-state index in [-0.39, 0.29) is 18.3 Å². The first-order chi connectivity index (χ1) is 5.75. The van der Waals surface area contributed by atoms with Crippen LogP contribution in [0.1, 0.15) is 26.2 Å². The van der Waals surface area contributed by atoms with E-state index in [0.717, 1.165) is 19.3 Å². The summed E-state index contributed by atoms with van der Waals surface area (Å²) in [5.41, 5.74) is 0. The molecule has 0 fully saturated rings. The minimum Gasteiger partial charge on any atom is -0.396 e. The van der Waals surface area contributed by atoms with Gasteiger partial charge in [-0.05, 0) is 31.3 Å². The van der Waals surface area contributed by atoms with Gasteiger partial charge in [-0.1, -0.05) is 13.0 Å². The molecule has 68 valence electrons. The zero-order valence-electron chi connectivity index (χ0n) is 7.49. The molecule has 1 rings (SSSR count). The van der Waals surface area contributed by atoms with Crippen molar-refractivity contribution < 1.29 is 9.90 Å². The van der Waals surface area contributed by atoms with E-state index in [1.165, 1.54) is 0 Å². The average Bonchev–Trinajstić information content (AvgIpc) is 2.08. The molecule has 0 heterocycles. The first-order valence-corrected chi connectivity index (χ1v) is 4.57. The SMILES string of the molecule is CC1C(=O)C=CCC1CCCO. The van der Waals surface area contributed by atoms with Crippen molar-refractivity contribution in [3.8, 4) is 0 Å². The zero-order chi connectivity index (χ0) is 8.97. The maximum Gasteiger partial charge on any atom is 0.158 e. The highest BCUT2D eigenvalue weighted by Crippen LogP contribution is 2.26. The fourth-order valence-electron chi connectivity index (χ4n) is 1.67. The molecule has 1 aliphatic carbocycles. The molecule has 0 amide bonds. The van der Waals surface area contributed by atoms with Gasteiger partial charge in [-0.3, -0.25) is 4.79 Å². The monoisotopic (exact) mass is 168 g/mol. The molecule has 2 heteroatoms. The van der Waals surface area contributed by atoms with Gasteiger partial charge in [0.05, 0.1) is 0 Å². The van der Waals surface area contributed by atoms with Crippen molar-refractivity contribution in [1.29, 1.82) is 0 Å². The summed E-state index contributed by atoms with van der Waals surface area (Å²) in [4.78, 5) is 11.2. The molecule has 2 nitrogen and oxygen atoms in total. The Kier molecular flexibility index (Phi) is 3.48. The molecule has 0 saturated heterocycles. The highest BCUT2D eigenvalue weighted by atomic mass is 16.2. The Bertz CT molecular complexity index is 184. The van der Waals surface area contributed by atoms with E-state index in [2.05, 4.69) is 0 Å². The van der Waals surface area contributed by atoms with Gasteiger partial charge in [0.25, 0.3) is 0 Å². The minimum atomic E-state index is 0.154. The van der Waals surface area contributed by atoms with E-state index in [0.29, 0.717) is 5.92 Å². The lowest BCUT2D eigenvalue weighted by molar-refractivity contribution is -0.119. The first-order valence-electron chi connectivity index (χ1n) is 4.57. The summed E-state index contributed by atoms with van der Waals surface area (Å²) >= 11 is 0. The fourth-order valence-corrected chi connectivity index (χ4v) is 1.67. The minimum absolute atomic E-state index is 0.154. The Morgan fingerprint density at radius 3 is 3.08 bits per heavy atom. The van der Waals surface area contributed by atoms with Crippen LogP contribution in [0.25, 0.3) is 0 Å². The predicted molar refractivity (Wildman–Crippen MR) is 47.7 cm³/mol. The number of rotatable bonds is 3. The molecule has 0 aliphatic heterocycles. The highest BCUT2D eigenvalue weighted by Gasteiger charge is 2.23. The highest BCUT2D eigenvalue weighted by molar-refractivity contribution is 5.92. The first kappa shape index (κ1) is 9.46. The molecule has 0 radical (unpaired) electrons. The summed E-state index contributed by atoms with van der Waals surface area (Å²) in [6, 6.07) is 0. The summed E-state index contributed by atoms with van der Waals surface area (Å²) in [6.07, 6.45) is 6.40. The van der Waals surface area contributed by atoms with Crippen LogP contribution >= 0.6 is 0 Å². The molecule has 0 spiro atoms. The van der Waals surface area contributed by atoms with Gasteiger partial charge in [0.1, 0.15) is 0 Å². The summed E-state index contributed by atoms with van der Waals surface area (Å²) in [6.45, 7) is 2.22. The van der Waals surface area contributed by atoms with E-state index in [4.69, 9.17) is 5.11 Å². The predicted octanol–water partition coefficient (Wildman–Crippen LogP) is 1.54. The largest absolute Gasteiger partial charge is 0.396 e. The summed E-state index contributed by atoms with van der Waals surface area (Å²) in [5.74, 6) is 0.848. The molecule has 12 heavy (non-hydrogen) atoms. The number of hydrogen-bond acceptors (Lipinski definition) is 2. The van der Waals surface area contributed by atoms with E-state index < -0.39 is 0 Å². The smallest absolute Gasteiger partial charge is 0.158 e. The second kappa shape index (κ2) is 4.41. The van der Waals surface area contributed by atoms with Crippen molar-refractivity contribution in [3.05, 3.63) is 12.2 Å². The third-order valence-electron chi connectivity index (χ3n) is 2.61. The Morgan fingerprint density at radius 1 is 1.67 bits per heavy atom. The Hall–Kier alpha value is -0.630. The van der Waals surface area contributed by atoms with Gasteiger partial charge in [0, 0.05) is 12.5 Å². The van der Waals surface area contributed by atoms with Crippen LogP contribution in [0.15, 0.2) is 12.2 Å². The number of aliphatic hydroxyl groups excluding tert-OH is 1. The second-order valence-electron chi connectivity index (χ2n) is 3.46. The van der Waals surface area contributed by atoms with E-state index in [1.807, 2.05) is 13.0 Å². The standard InChI is InChI=1S/C10H16O2/c1-8-9(5-3-7-11)4-2-6-10(8)12/h2,6,8-9,11H,3-5,7H2,1H3. The van der Waals surface area contributed by atoms with Gasteiger partial charge < -0.3 is 5.11 Å². The maximum absolute atomic E-state index is 11.2. The number of carbonyl (C=O) groups is 1.